The van der Waals surface area contributed by atoms with Crippen LogP contribution in [0.1, 0.15) is 30.5 Å². The second-order valence-corrected chi connectivity index (χ2v) is 14.5. The normalized spacial score (nSPS) is 12.5. The fourth-order valence-electron chi connectivity index (χ4n) is 4.27. The summed E-state index contributed by atoms with van der Waals surface area (Å²) in [5, 5.41) is -0.959. The lowest BCUT2D eigenvalue weighted by atomic mass is 10.1. The minimum Gasteiger partial charge on any atom is -0.465 e. The first kappa shape index (κ1) is 32.6. The Morgan fingerprint density at radius 3 is 1.60 bits per heavy atom. The highest BCUT2D eigenvalue weighted by molar-refractivity contribution is 7.69. The highest BCUT2D eigenvalue weighted by Crippen LogP contribution is 2.51. The second-order valence-electron chi connectivity index (χ2n) is 9.30. The molecule has 6 rings (SSSR count). The van der Waals surface area contributed by atoms with Crippen LogP contribution < -0.4 is 13.8 Å². The van der Waals surface area contributed by atoms with E-state index in [0.717, 1.165) is 37.7 Å². The fourth-order valence-corrected chi connectivity index (χ4v) is 8.97. The number of pyridine rings is 2. The number of ether oxygens (including phenoxy) is 2. The van der Waals surface area contributed by atoms with Gasteiger partial charge >= 0.3 is 31.9 Å². The van der Waals surface area contributed by atoms with E-state index >= 15 is 0 Å². The maximum atomic E-state index is 14.6. The Kier molecular flexibility index (Phi) is 8.14. The fraction of sp³-hybridized carbons (Fsp3) is 0.148. The van der Waals surface area contributed by atoms with E-state index in [1.165, 1.54) is 6.07 Å². The summed E-state index contributed by atoms with van der Waals surface area (Å²) < 4.78 is 120. The molecule has 0 radical (unpaired) electrons. The van der Waals surface area contributed by atoms with Crippen molar-refractivity contribution in [3.63, 3.8) is 0 Å². The van der Waals surface area contributed by atoms with Crippen LogP contribution in [0.2, 0.25) is 0 Å². The molecule has 0 amide bonds. The summed E-state index contributed by atoms with van der Waals surface area (Å²) in [6, 6.07) is 9.01. The van der Waals surface area contributed by atoms with Crippen molar-refractivity contribution >= 4 is 88.9 Å². The first-order valence-corrected chi connectivity index (χ1v) is 16.6. The monoisotopic (exact) mass is 733 g/mol. The Labute approximate surface area is 270 Å². The van der Waals surface area contributed by atoms with Gasteiger partial charge in [0.1, 0.15) is 19.4 Å². The third-order valence-electron chi connectivity index (χ3n) is 6.29. The molecule has 10 nitrogen and oxygen atoms in total. The molecule has 5 heterocycles. The van der Waals surface area contributed by atoms with Gasteiger partial charge in [-0.3, -0.25) is 0 Å². The number of benzene rings is 1. The zero-order valence-electron chi connectivity index (χ0n) is 23.3. The van der Waals surface area contributed by atoms with Gasteiger partial charge in [-0.05, 0) is 24.3 Å². The van der Waals surface area contributed by atoms with Crippen LogP contribution in [-0.4, -0.2) is 41.1 Å². The van der Waals surface area contributed by atoms with Gasteiger partial charge in [0.2, 0.25) is 16.5 Å². The minimum absolute atomic E-state index is 0.220. The van der Waals surface area contributed by atoms with Crippen molar-refractivity contribution in [1.29, 1.82) is 0 Å². The molecule has 0 bridgehead atoms. The lowest BCUT2D eigenvalue weighted by molar-refractivity contribution is -0.137. The SMILES string of the molecule is COC(=O)c1cc2c(C(F)(F)F)cc(OP(=O)(Oc3cc(C(F)(F)F)c4cc(C(=O)OC)sc4n3)c3nc4ccccc4s3)nc2s1. The summed E-state index contributed by atoms with van der Waals surface area (Å²) in [4.78, 5) is 35.1. The van der Waals surface area contributed by atoms with Gasteiger partial charge in [-0.1, -0.05) is 12.1 Å². The lowest BCUT2D eigenvalue weighted by Crippen LogP contribution is -2.16. The van der Waals surface area contributed by atoms with Crippen molar-refractivity contribution in [2.24, 2.45) is 0 Å². The first-order chi connectivity index (χ1) is 22.1. The number of halogens is 6. The topological polar surface area (TPSA) is 127 Å². The summed E-state index contributed by atoms with van der Waals surface area (Å²) in [7, 11) is -2.98. The smallest absolute Gasteiger partial charge is 0.465 e. The molecule has 6 aromatic rings. The van der Waals surface area contributed by atoms with E-state index in [-0.39, 0.29) is 24.9 Å². The molecule has 0 fully saturated rings. The van der Waals surface area contributed by atoms with E-state index in [0.29, 0.717) is 39.5 Å². The molecule has 0 aliphatic carbocycles. The number of nitrogens with zero attached hydrogens (tertiary/aromatic N) is 3. The average molecular weight is 734 g/mol. The molecule has 0 unspecified atom stereocenters. The third kappa shape index (κ3) is 6.22. The predicted molar refractivity (Wildman–Crippen MR) is 160 cm³/mol. The van der Waals surface area contributed by atoms with E-state index in [1.54, 1.807) is 18.2 Å². The van der Waals surface area contributed by atoms with Crippen molar-refractivity contribution in [1.82, 2.24) is 15.0 Å². The van der Waals surface area contributed by atoms with Gasteiger partial charge in [-0.15, -0.1) is 34.0 Å². The van der Waals surface area contributed by atoms with Crippen LogP contribution in [0.3, 0.4) is 0 Å². The van der Waals surface area contributed by atoms with E-state index in [9.17, 15) is 40.5 Å². The van der Waals surface area contributed by atoms with Gasteiger partial charge in [0.05, 0.1) is 35.6 Å². The highest BCUT2D eigenvalue weighted by atomic mass is 32.1. The van der Waals surface area contributed by atoms with Gasteiger partial charge < -0.3 is 18.5 Å². The molecule has 47 heavy (non-hydrogen) atoms. The Balaban J connectivity index is 1.52. The van der Waals surface area contributed by atoms with Crippen molar-refractivity contribution in [3.8, 4) is 11.8 Å². The Bertz CT molecular complexity index is 2110. The number of esters is 2. The molecule has 0 saturated carbocycles. The number of rotatable bonds is 7. The summed E-state index contributed by atoms with van der Waals surface area (Å²) in [6.45, 7) is 0. The predicted octanol–water partition coefficient (Wildman–Crippen LogP) is 8.10. The maximum Gasteiger partial charge on any atom is 0.493 e. The third-order valence-corrected chi connectivity index (χ3v) is 11.5. The molecular formula is C27H14F6N3O7PS3. The van der Waals surface area contributed by atoms with Crippen molar-refractivity contribution in [2.45, 2.75) is 12.4 Å². The average Bonchev–Trinajstić information content (AvgIpc) is 3.75. The molecule has 244 valence electrons. The number of thiazole rings is 1. The minimum atomic E-state index is -5.05. The molecule has 0 saturated heterocycles. The van der Waals surface area contributed by atoms with Crippen molar-refractivity contribution in [3.05, 3.63) is 69.4 Å². The number of hydrogen-bond acceptors (Lipinski definition) is 13. The standard InChI is InChI=1S/C27H14F6N3O7PS3/c1-40-23(37)17-7-11-13(26(28,29)30)9-19(35-21(11)45-17)42-44(39,25-34-15-5-3-4-6-16(15)47-25)43-20-10-14(27(31,32)33)12-8-18(24(38)41-2)46-22(12)36-20/h3-10H,1-2H3. The summed E-state index contributed by atoms with van der Waals surface area (Å²) in [5.41, 5.74) is -2.35. The quantitative estimate of drug-likeness (QED) is 0.0903. The number of carbonyl (C=O) groups is 2. The van der Waals surface area contributed by atoms with Crippen LogP contribution >= 0.6 is 41.6 Å². The van der Waals surface area contributed by atoms with Gasteiger partial charge in [0.15, 0.2) is 0 Å². The Morgan fingerprint density at radius 2 is 1.17 bits per heavy atom. The number of methoxy groups -OCH3 is 2. The molecule has 0 N–H and O–H groups in total. The second kappa shape index (κ2) is 11.7. The van der Waals surface area contributed by atoms with Crippen LogP contribution in [-0.2, 0) is 26.4 Å². The van der Waals surface area contributed by atoms with Crippen LogP contribution in [0.25, 0.3) is 30.6 Å². The summed E-state index contributed by atoms with van der Waals surface area (Å²) >= 11 is 1.82. The number of fused-ring (bicyclic) bond motifs is 3. The van der Waals surface area contributed by atoms with Crippen molar-refractivity contribution in [2.75, 3.05) is 14.2 Å². The number of para-hydroxylation sites is 1. The van der Waals surface area contributed by atoms with Crippen LogP contribution in [0.4, 0.5) is 26.3 Å². The van der Waals surface area contributed by atoms with Crippen LogP contribution in [0.15, 0.2) is 48.5 Å². The molecule has 20 heteroatoms. The van der Waals surface area contributed by atoms with E-state index in [4.69, 9.17) is 9.05 Å². The first-order valence-electron chi connectivity index (χ1n) is 12.6. The molecule has 0 spiro atoms. The zero-order chi connectivity index (χ0) is 33.9. The van der Waals surface area contributed by atoms with E-state index in [2.05, 4.69) is 24.4 Å². The largest absolute Gasteiger partial charge is 0.493 e. The summed E-state index contributed by atoms with van der Waals surface area (Å²) in [5.74, 6) is -3.66. The van der Waals surface area contributed by atoms with Crippen molar-refractivity contribution < 1.29 is 59.0 Å². The summed E-state index contributed by atoms with van der Waals surface area (Å²) in [6.07, 6.45) is -10.0. The number of thiophene rings is 2. The van der Waals surface area contributed by atoms with E-state index in [1.807, 2.05) is 0 Å². The Hall–Kier alpha value is -4.32. The number of aromatic nitrogens is 3. The van der Waals surface area contributed by atoms with Gasteiger partial charge in [-0.2, -0.15) is 26.3 Å². The Morgan fingerprint density at radius 1 is 0.702 bits per heavy atom. The molecule has 0 aliphatic heterocycles. The van der Waals surface area contributed by atoms with E-state index < -0.39 is 70.3 Å². The zero-order valence-corrected chi connectivity index (χ0v) is 26.6. The molecule has 0 atom stereocenters. The lowest BCUT2D eigenvalue weighted by Gasteiger charge is -2.18. The van der Waals surface area contributed by atoms with Gasteiger partial charge in [0.25, 0.3) is 0 Å². The highest BCUT2D eigenvalue weighted by Gasteiger charge is 2.41. The number of carbonyl (C=O) groups excluding carboxylic acids is 2. The molecular weight excluding hydrogens is 719 g/mol. The number of alkyl halides is 6. The van der Waals surface area contributed by atoms with Crippen LogP contribution in [0, 0.1) is 0 Å². The molecule has 5 aromatic heterocycles. The van der Waals surface area contributed by atoms with Gasteiger partial charge in [-0.25, -0.2) is 29.1 Å². The maximum absolute atomic E-state index is 14.6. The van der Waals surface area contributed by atoms with Gasteiger partial charge in [0, 0.05) is 22.9 Å². The molecule has 1 aromatic carbocycles. The number of hydrogen-bond donors (Lipinski definition) is 0. The molecule has 0 aliphatic rings. The van der Waals surface area contributed by atoms with Crippen LogP contribution in [0.5, 0.6) is 11.8 Å².